The topological polar surface area (TPSA) is 62.3 Å². The molecular formula is C15H25N3O2S. The van der Waals surface area contributed by atoms with Crippen molar-refractivity contribution in [2.24, 2.45) is 11.8 Å². The van der Waals surface area contributed by atoms with Crippen LogP contribution in [0, 0.1) is 11.8 Å². The Balaban J connectivity index is 2.24. The van der Waals surface area contributed by atoms with E-state index in [1.807, 2.05) is 6.92 Å². The van der Waals surface area contributed by atoms with Crippen molar-refractivity contribution in [1.82, 2.24) is 9.29 Å². The van der Waals surface area contributed by atoms with Gasteiger partial charge < -0.3 is 5.32 Å². The minimum absolute atomic E-state index is 0.155. The molecule has 0 bridgehead atoms. The van der Waals surface area contributed by atoms with Crippen LogP contribution >= 0.6 is 0 Å². The number of hydrogen-bond donors (Lipinski definition) is 1. The highest BCUT2D eigenvalue weighted by Crippen LogP contribution is 2.30. The third-order valence-corrected chi connectivity index (χ3v) is 5.88. The molecule has 1 atom stereocenters. The zero-order valence-electron chi connectivity index (χ0n) is 13.0. The summed E-state index contributed by atoms with van der Waals surface area (Å²) in [5, 5.41) is 3.31. The van der Waals surface area contributed by atoms with Crippen molar-refractivity contribution in [2.45, 2.75) is 38.6 Å². The second-order valence-corrected chi connectivity index (χ2v) is 7.79. The molecule has 1 N–H and O–H groups in total. The second-order valence-electron chi connectivity index (χ2n) is 5.94. The number of nitrogens with zero attached hydrogens (tertiary/aromatic N) is 2. The SMILES string of the molecule is CCCNc1cccnc1S(=O)(=O)N1CCC(C(C)C)C1. The lowest BCUT2D eigenvalue weighted by Gasteiger charge is -2.19. The Morgan fingerprint density at radius 3 is 2.86 bits per heavy atom. The minimum Gasteiger partial charge on any atom is -0.383 e. The first kappa shape index (κ1) is 16.2. The zero-order valence-corrected chi connectivity index (χ0v) is 13.9. The van der Waals surface area contributed by atoms with Crippen molar-refractivity contribution < 1.29 is 8.42 Å². The molecule has 0 saturated carbocycles. The highest BCUT2D eigenvalue weighted by molar-refractivity contribution is 7.89. The largest absolute Gasteiger partial charge is 0.383 e. The first-order valence-corrected chi connectivity index (χ1v) is 9.09. The Kier molecular flexibility index (Phi) is 5.22. The fourth-order valence-electron chi connectivity index (χ4n) is 2.63. The Morgan fingerprint density at radius 1 is 1.48 bits per heavy atom. The predicted octanol–water partition coefficient (Wildman–Crippen LogP) is 2.57. The summed E-state index contributed by atoms with van der Waals surface area (Å²) in [4.78, 5) is 4.13. The van der Waals surface area contributed by atoms with Gasteiger partial charge in [0.05, 0.1) is 5.69 Å². The monoisotopic (exact) mass is 311 g/mol. The summed E-state index contributed by atoms with van der Waals surface area (Å²) < 4.78 is 27.2. The number of hydrogen-bond acceptors (Lipinski definition) is 4. The van der Waals surface area contributed by atoms with Gasteiger partial charge in [-0.2, -0.15) is 4.31 Å². The molecule has 0 spiro atoms. The Bertz CT molecular complexity index is 572. The van der Waals surface area contributed by atoms with Gasteiger partial charge in [-0.1, -0.05) is 20.8 Å². The van der Waals surface area contributed by atoms with Crippen molar-refractivity contribution in [3.63, 3.8) is 0 Å². The van der Waals surface area contributed by atoms with E-state index in [-0.39, 0.29) is 5.03 Å². The van der Waals surface area contributed by atoms with Crippen LogP contribution in [0.1, 0.15) is 33.6 Å². The van der Waals surface area contributed by atoms with E-state index in [0.717, 1.165) is 19.4 Å². The molecule has 2 rings (SSSR count). The predicted molar refractivity (Wildman–Crippen MR) is 84.7 cm³/mol. The molecular weight excluding hydrogens is 286 g/mol. The van der Waals surface area contributed by atoms with Gasteiger partial charge in [0.15, 0.2) is 5.03 Å². The maximum atomic E-state index is 12.8. The lowest BCUT2D eigenvalue weighted by molar-refractivity contribution is 0.388. The maximum absolute atomic E-state index is 12.8. The van der Waals surface area contributed by atoms with Gasteiger partial charge in [0, 0.05) is 25.8 Å². The van der Waals surface area contributed by atoms with Crippen LogP contribution in [0.2, 0.25) is 0 Å². The zero-order chi connectivity index (χ0) is 15.5. The fourth-order valence-corrected chi connectivity index (χ4v) is 4.22. The molecule has 118 valence electrons. The third kappa shape index (κ3) is 3.55. The van der Waals surface area contributed by atoms with Crippen LogP contribution in [0.3, 0.4) is 0 Å². The molecule has 6 heteroatoms. The second kappa shape index (κ2) is 6.75. The summed E-state index contributed by atoms with van der Waals surface area (Å²) in [6, 6.07) is 3.55. The van der Waals surface area contributed by atoms with Crippen molar-refractivity contribution in [3.8, 4) is 0 Å². The Labute approximate surface area is 127 Å². The first-order chi connectivity index (χ1) is 9.96. The normalized spacial score (nSPS) is 20.1. The summed E-state index contributed by atoms with van der Waals surface area (Å²) >= 11 is 0. The van der Waals surface area contributed by atoms with Crippen LogP contribution < -0.4 is 5.32 Å². The summed E-state index contributed by atoms with van der Waals surface area (Å²) in [6.07, 6.45) is 3.41. The first-order valence-electron chi connectivity index (χ1n) is 7.65. The molecule has 5 nitrogen and oxygen atoms in total. The van der Waals surface area contributed by atoms with E-state index >= 15 is 0 Å². The van der Waals surface area contributed by atoms with E-state index in [0.29, 0.717) is 30.6 Å². The van der Waals surface area contributed by atoms with Gasteiger partial charge in [-0.25, -0.2) is 13.4 Å². The molecule has 0 radical (unpaired) electrons. The average molecular weight is 311 g/mol. The molecule has 1 aromatic rings. The van der Waals surface area contributed by atoms with E-state index in [2.05, 4.69) is 24.1 Å². The molecule has 0 aromatic carbocycles. The summed E-state index contributed by atoms with van der Waals surface area (Å²) in [6.45, 7) is 8.28. The molecule has 1 fully saturated rings. The summed E-state index contributed by atoms with van der Waals surface area (Å²) in [5.74, 6) is 0.946. The highest BCUT2D eigenvalue weighted by atomic mass is 32.2. The van der Waals surface area contributed by atoms with Crippen LogP contribution in [0.25, 0.3) is 0 Å². The van der Waals surface area contributed by atoms with Crippen LogP contribution in [0.5, 0.6) is 0 Å². The summed E-state index contributed by atoms with van der Waals surface area (Å²) in [7, 11) is -3.51. The van der Waals surface area contributed by atoms with Gasteiger partial charge >= 0.3 is 0 Å². The standard InChI is InChI=1S/C15H25N3O2S/c1-4-8-16-14-6-5-9-17-15(14)21(19,20)18-10-7-13(11-18)12(2)3/h5-6,9,12-13,16H,4,7-8,10-11H2,1-3H3. The van der Waals surface area contributed by atoms with Gasteiger partial charge in [-0.3, -0.25) is 0 Å². The highest BCUT2D eigenvalue weighted by Gasteiger charge is 2.35. The van der Waals surface area contributed by atoms with Crippen LogP contribution in [0.15, 0.2) is 23.4 Å². The summed E-state index contributed by atoms with van der Waals surface area (Å²) in [5.41, 5.74) is 0.604. The molecule has 1 aliphatic rings. The van der Waals surface area contributed by atoms with E-state index < -0.39 is 10.0 Å². The quantitative estimate of drug-likeness (QED) is 0.877. The number of nitrogens with one attached hydrogen (secondary N) is 1. The smallest absolute Gasteiger partial charge is 0.262 e. The fraction of sp³-hybridized carbons (Fsp3) is 0.667. The number of pyridine rings is 1. The Morgan fingerprint density at radius 2 is 2.24 bits per heavy atom. The number of anilines is 1. The van der Waals surface area contributed by atoms with Crippen LogP contribution in [-0.4, -0.2) is 37.3 Å². The van der Waals surface area contributed by atoms with E-state index in [4.69, 9.17) is 0 Å². The molecule has 2 heterocycles. The van der Waals surface area contributed by atoms with Gasteiger partial charge in [-0.15, -0.1) is 0 Å². The van der Waals surface area contributed by atoms with Crippen molar-refractivity contribution in [3.05, 3.63) is 18.3 Å². The number of sulfonamides is 1. The van der Waals surface area contributed by atoms with Gasteiger partial charge in [0.1, 0.15) is 0 Å². The lowest BCUT2D eigenvalue weighted by Crippen LogP contribution is -2.30. The van der Waals surface area contributed by atoms with E-state index in [1.165, 1.54) is 0 Å². The molecule has 0 aliphatic carbocycles. The van der Waals surface area contributed by atoms with E-state index in [9.17, 15) is 8.42 Å². The number of aromatic nitrogens is 1. The molecule has 1 saturated heterocycles. The molecule has 21 heavy (non-hydrogen) atoms. The number of rotatable bonds is 6. The molecule has 1 aliphatic heterocycles. The Hall–Kier alpha value is -1.14. The van der Waals surface area contributed by atoms with Crippen molar-refractivity contribution in [2.75, 3.05) is 25.0 Å². The third-order valence-electron chi connectivity index (χ3n) is 4.05. The lowest BCUT2D eigenvalue weighted by atomic mass is 9.96. The van der Waals surface area contributed by atoms with Gasteiger partial charge in [-0.05, 0) is 36.8 Å². The molecule has 1 unspecified atom stereocenters. The van der Waals surface area contributed by atoms with Crippen molar-refractivity contribution >= 4 is 15.7 Å². The minimum atomic E-state index is -3.51. The van der Waals surface area contributed by atoms with E-state index in [1.54, 1.807) is 22.6 Å². The average Bonchev–Trinajstić information content (AvgIpc) is 2.96. The van der Waals surface area contributed by atoms with Crippen LogP contribution in [0.4, 0.5) is 5.69 Å². The molecule has 1 aromatic heterocycles. The van der Waals surface area contributed by atoms with Crippen molar-refractivity contribution in [1.29, 1.82) is 0 Å². The van der Waals surface area contributed by atoms with Gasteiger partial charge in [0.2, 0.25) is 0 Å². The van der Waals surface area contributed by atoms with Gasteiger partial charge in [0.25, 0.3) is 10.0 Å². The molecule has 0 amide bonds. The maximum Gasteiger partial charge on any atom is 0.262 e. The van der Waals surface area contributed by atoms with Crippen LogP contribution in [-0.2, 0) is 10.0 Å².